The van der Waals surface area contributed by atoms with Crippen LogP contribution in [0.5, 0.6) is 0 Å². The third kappa shape index (κ3) is 8.21. The SMILES string of the molecule is C[C@@H]1[C@H](CN2CCC[C@H]2CN2CCCC2)O[C@H](c2cccc(-c3cccc(CNS(=O)(=O)c4ccccc4)c3)c2)O[C@@H]1c1ccc(CO)cc1. The van der Waals surface area contributed by atoms with Crippen LogP contribution in [0.4, 0.5) is 0 Å². The quantitative estimate of drug-likeness (QED) is 0.171. The first-order chi connectivity index (χ1) is 24.4. The van der Waals surface area contributed by atoms with E-state index in [2.05, 4.69) is 51.8 Å². The Morgan fingerprint density at radius 3 is 2.26 bits per heavy atom. The molecule has 5 atom stereocenters. The molecule has 9 heteroatoms. The molecule has 3 heterocycles. The summed E-state index contributed by atoms with van der Waals surface area (Å²) < 4.78 is 42.1. The van der Waals surface area contributed by atoms with Crippen LogP contribution in [0.25, 0.3) is 11.1 Å². The molecular formula is C41H49N3O5S. The van der Waals surface area contributed by atoms with E-state index in [1.54, 1.807) is 30.3 Å². The Labute approximate surface area is 297 Å². The first kappa shape index (κ1) is 35.0. The Morgan fingerprint density at radius 1 is 0.760 bits per heavy atom. The van der Waals surface area contributed by atoms with Crippen LogP contribution in [-0.4, -0.2) is 68.2 Å². The Hall–Kier alpha value is -3.41. The van der Waals surface area contributed by atoms with E-state index in [1.165, 1.54) is 38.8 Å². The number of likely N-dealkylation sites (tertiary alicyclic amines) is 2. The van der Waals surface area contributed by atoms with E-state index in [0.717, 1.165) is 53.0 Å². The molecule has 3 fully saturated rings. The molecule has 4 aromatic carbocycles. The highest BCUT2D eigenvalue weighted by atomic mass is 32.2. The zero-order chi connectivity index (χ0) is 34.5. The largest absolute Gasteiger partial charge is 0.392 e. The number of nitrogens with zero attached hydrogens (tertiary/aromatic N) is 2. The first-order valence-electron chi connectivity index (χ1n) is 18.1. The van der Waals surface area contributed by atoms with Crippen molar-refractivity contribution in [2.75, 3.05) is 32.7 Å². The van der Waals surface area contributed by atoms with Crippen molar-refractivity contribution < 1.29 is 23.0 Å². The molecule has 3 aliphatic heterocycles. The average molecular weight is 696 g/mol. The normalized spacial score (nSPS) is 24.9. The van der Waals surface area contributed by atoms with Crippen molar-refractivity contribution in [1.82, 2.24) is 14.5 Å². The maximum atomic E-state index is 12.8. The lowest BCUT2D eigenvalue weighted by molar-refractivity contribution is -0.276. The van der Waals surface area contributed by atoms with Crippen LogP contribution in [0.15, 0.2) is 108 Å². The Bertz CT molecular complexity index is 1810. The van der Waals surface area contributed by atoms with Crippen molar-refractivity contribution in [3.05, 3.63) is 125 Å². The Morgan fingerprint density at radius 2 is 1.50 bits per heavy atom. The van der Waals surface area contributed by atoms with Crippen LogP contribution in [-0.2, 0) is 32.6 Å². The second-order valence-corrected chi connectivity index (χ2v) is 15.9. The second-order valence-electron chi connectivity index (χ2n) is 14.1. The molecule has 0 saturated carbocycles. The van der Waals surface area contributed by atoms with Gasteiger partial charge in [-0.25, -0.2) is 13.1 Å². The summed E-state index contributed by atoms with van der Waals surface area (Å²) in [6, 6.07) is 33.4. The number of rotatable bonds is 12. The van der Waals surface area contributed by atoms with Gasteiger partial charge in [-0.2, -0.15) is 0 Å². The fourth-order valence-electron chi connectivity index (χ4n) is 7.75. The summed E-state index contributed by atoms with van der Waals surface area (Å²) in [5.74, 6) is 0.124. The lowest BCUT2D eigenvalue weighted by Crippen LogP contribution is -2.48. The second kappa shape index (κ2) is 15.9. The molecule has 50 heavy (non-hydrogen) atoms. The third-order valence-electron chi connectivity index (χ3n) is 10.6. The summed E-state index contributed by atoms with van der Waals surface area (Å²) in [4.78, 5) is 5.53. The number of ether oxygens (including phenoxy) is 2. The van der Waals surface area contributed by atoms with E-state index in [-0.39, 0.29) is 36.2 Å². The molecule has 264 valence electrons. The van der Waals surface area contributed by atoms with Crippen molar-refractivity contribution in [1.29, 1.82) is 0 Å². The molecule has 8 nitrogen and oxygen atoms in total. The van der Waals surface area contributed by atoms with Crippen molar-refractivity contribution >= 4 is 10.0 Å². The first-order valence-corrected chi connectivity index (χ1v) is 19.6. The van der Waals surface area contributed by atoms with Gasteiger partial charge in [0, 0.05) is 37.2 Å². The van der Waals surface area contributed by atoms with Gasteiger partial charge in [0.1, 0.15) is 0 Å². The summed E-state index contributed by atoms with van der Waals surface area (Å²) >= 11 is 0. The van der Waals surface area contributed by atoms with E-state index < -0.39 is 16.3 Å². The van der Waals surface area contributed by atoms with Crippen molar-refractivity contribution in [2.24, 2.45) is 5.92 Å². The van der Waals surface area contributed by atoms with Crippen LogP contribution >= 0.6 is 0 Å². The molecule has 0 aromatic heterocycles. The van der Waals surface area contributed by atoms with E-state index in [4.69, 9.17) is 9.47 Å². The zero-order valence-corrected chi connectivity index (χ0v) is 29.7. The Kier molecular flexibility index (Phi) is 11.1. The molecule has 4 aromatic rings. The average Bonchev–Trinajstić information content (AvgIpc) is 3.84. The number of benzene rings is 4. The van der Waals surface area contributed by atoms with E-state index >= 15 is 0 Å². The summed E-state index contributed by atoms with van der Waals surface area (Å²) in [6.07, 6.45) is 4.32. The highest BCUT2D eigenvalue weighted by molar-refractivity contribution is 7.89. The van der Waals surface area contributed by atoms with Crippen LogP contribution in [0, 0.1) is 5.92 Å². The minimum atomic E-state index is -3.62. The molecule has 0 bridgehead atoms. The predicted octanol–water partition coefficient (Wildman–Crippen LogP) is 6.68. The van der Waals surface area contributed by atoms with Crippen LogP contribution in [0.1, 0.15) is 67.3 Å². The minimum Gasteiger partial charge on any atom is -0.392 e. The van der Waals surface area contributed by atoms with Gasteiger partial charge < -0.3 is 19.5 Å². The molecule has 0 aliphatic carbocycles. The van der Waals surface area contributed by atoms with E-state index in [1.807, 2.05) is 42.5 Å². The number of aliphatic hydroxyl groups is 1. The van der Waals surface area contributed by atoms with Gasteiger partial charge >= 0.3 is 0 Å². The topological polar surface area (TPSA) is 91.3 Å². The molecule has 3 saturated heterocycles. The van der Waals surface area contributed by atoms with E-state index in [9.17, 15) is 13.5 Å². The van der Waals surface area contributed by atoms with Gasteiger partial charge in [-0.1, -0.05) is 85.8 Å². The molecule has 0 radical (unpaired) electrons. The van der Waals surface area contributed by atoms with Gasteiger partial charge in [0.25, 0.3) is 0 Å². The summed E-state index contributed by atoms with van der Waals surface area (Å²) in [5, 5.41) is 9.67. The minimum absolute atomic E-state index is 0.00990. The van der Waals surface area contributed by atoms with E-state index in [0.29, 0.717) is 6.04 Å². The molecule has 0 unspecified atom stereocenters. The molecule has 0 amide bonds. The standard InChI is InChI=1S/C41H49N3O5S/c1-30-39(28-44-23-9-14-37(44)27-43-21-5-6-22-43)48-41(49-40(30)33-19-17-31(29-45)18-20-33)36-13-8-12-35(25-36)34-11-7-10-32(24-34)26-42-50(46,47)38-15-3-2-4-16-38/h2-4,7-8,10-13,15-20,24-25,30,37,39-42,45H,5-6,9,14,21-23,26-29H2,1H3/t30-,37+,39+,40+,41+/m1/s1. The van der Waals surface area contributed by atoms with Crippen molar-refractivity contribution in [2.45, 2.75) is 75.2 Å². The fourth-order valence-corrected chi connectivity index (χ4v) is 8.79. The molecule has 7 rings (SSSR count). The maximum absolute atomic E-state index is 12.8. The predicted molar refractivity (Wildman–Crippen MR) is 196 cm³/mol. The molecule has 3 aliphatic rings. The third-order valence-corrected chi connectivity index (χ3v) is 12.1. The van der Waals surface area contributed by atoms with Crippen LogP contribution in [0.3, 0.4) is 0 Å². The lowest BCUT2D eigenvalue weighted by atomic mass is 9.89. The van der Waals surface area contributed by atoms with Gasteiger partial charge in [0.2, 0.25) is 10.0 Å². The molecular weight excluding hydrogens is 647 g/mol. The van der Waals surface area contributed by atoms with Crippen LogP contribution in [0.2, 0.25) is 0 Å². The van der Waals surface area contributed by atoms with Crippen LogP contribution < -0.4 is 4.72 Å². The summed E-state index contributed by atoms with van der Waals surface area (Å²) in [6.45, 7) is 7.97. The van der Waals surface area contributed by atoms with Gasteiger partial charge in [0.15, 0.2) is 6.29 Å². The van der Waals surface area contributed by atoms with Gasteiger partial charge in [-0.3, -0.25) is 4.90 Å². The number of sulfonamides is 1. The highest BCUT2D eigenvalue weighted by Crippen LogP contribution is 2.43. The fraction of sp³-hybridized carbons (Fsp3) is 0.415. The van der Waals surface area contributed by atoms with Crippen molar-refractivity contribution in [3.8, 4) is 11.1 Å². The molecule has 2 N–H and O–H groups in total. The smallest absolute Gasteiger partial charge is 0.240 e. The van der Waals surface area contributed by atoms with Gasteiger partial charge in [-0.05, 0) is 97.4 Å². The van der Waals surface area contributed by atoms with Gasteiger partial charge in [0.05, 0.1) is 23.7 Å². The summed E-state index contributed by atoms with van der Waals surface area (Å²) in [7, 11) is -3.62. The van der Waals surface area contributed by atoms with Crippen molar-refractivity contribution in [3.63, 3.8) is 0 Å². The number of hydrogen-bond acceptors (Lipinski definition) is 7. The number of aliphatic hydroxyl groups excluding tert-OH is 1. The maximum Gasteiger partial charge on any atom is 0.240 e. The number of hydrogen-bond donors (Lipinski definition) is 2. The number of nitrogens with one attached hydrogen (secondary N) is 1. The monoisotopic (exact) mass is 695 g/mol. The van der Waals surface area contributed by atoms with Gasteiger partial charge in [-0.15, -0.1) is 0 Å². The lowest BCUT2D eigenvalue weighted by Gasteiger charge is -2.43. The highest BCUT2D eigenvalue weighted by Gasteiger charge is 2.41. The zero-order valence-electron chi connectivity index (χ0n) is 28.9. The Balaban J connectivity index is 1.11. The molecule has 0 spiro atoms. The summed E-state index contributed by atoms with van der Waals surface area (Å²) in [5.41, 5.74) is 5.78.